The third-order valence-electron chi connectivity index (χ3n) is 5.60. The third kappa shape index (κ3) is 3.79. The van der Waals surface area contributed by atoms with Crippen molar-refractivity contribution in [3.05, 3.63) is 45.1 Å². The molecule has 0 atom stereocenters. The van der Waals surface area contributed by atoms with Crippen molar-refractivity contribution >= 4 is 11.2 Å². The second kappa shape index (κ2) is 8.47. The Morgan fingerprint density at radius 1 is 1.00 bits per heavy atom. The van der Waals surface area contributed by atoms with E-state index in [-0.39, 0.29) is 11.2 Å². The van der Waals surface area contributed by atoms with Gasteiger partial charge in [0.15, 0.2) is 11.2 Å². The number of aryl methyl sites for hydroxylation is 1. The summed E-state index contributed by atoms with van der Waals surface area (Å²) in [7, 11) is 4.77. The number of hydrogen-bond acceptors (Lipinski definition) is 5. The van der Waals surface area contributed by atoms with Crippen LogP contribution in [-0.4, -0.2) is 49.3 Å². The lowest BCUT2D eigenvalue weighted by Crippen LogP contribution is -2.40. The zero-order valence-corrected chi connectivity index (χ0v) is 18.8. The average Bonchev–Trinajstić information content (AvgIpc) is 3.10. The Kier molecular flexibility index (Phi) is 6.17. The van der Waals surface area contributed by atoms with Crippen molar-refractivity contribution in [1.82, 2.24) is 23.6 Å². The van der Waals surface area contributed by atoms with Crippen LogP contribution >= 0.6 is 0 Å². The van der Waals surface area contributed by atoms with E-state index in [1.54, 1.807) is 14.2 Å². The Morgan fingerprint density at radius 2 is 1.60 bits per heavy atom. The van der Waals surface area contributed by atoms with Crippen LogP contribution in [0.4, 0.5) is 0 Å². The highest BCUT2D eigenvalue weighted by Gasteiger charge is 2.21. The summed E-state index contributed by atoms with van der Waals surface area (Å²) < 4.78 is 9.78. The molecule has 3 aromatic rings. The predicted octanol–water partition coefficient (Wildman–Crippen LogP) is 2.23. The molecule has 0 bridgehead atoms. The minimum Gasteiger partial charge on any atom is -0.497 e. The van der Waals surface area contributed by atoms with Crippen LogP contribution in [0.3, 0.4) is 0 Å². The summed E-state index contributed by atoms with van der Waals surface area (Å²) in [5, 5.41) is 0. The standard InChI is InChI=1S/C22H31N5O3/c1-14(2)26(15(3)4)12-13-27-18-20(24(5)22(29)25(6)21(18)28)23-19(27)16-8-10-17(30-7)11-9-16/h8-11,14-15H,12-13H2,1-7H3. The first kappa shape index (κ1) is 21.8. The Hall–Kier alpha value is -2.87. The van der Waals surface area contributed by atoms with E-state index in [9.17, 15) is 9.59 Å². The summed E-state index contributed by atoms with van der Waals surface area (Å²) in [6.45, 7) is 10.0. The number of aromatic nitrogens is 4. The topological polar surface area (TPSA) is 74.3 Å². The molecular weight excluding hydrogens is 382 g/mol. The highest BCUT2D eigenvalue weighted by atomic mass is 16.5. The lowest BCUT2D eigenvalue weighted by Gasteiger charge is -2.30. The molecule has 0 aliphatic rings. The van der Waals surface area contributed by atoms with Crippen molar-refractivity contribution < 1.29 is 4.74 Å². The molecule has 0 aliphatic carbocycles. The molecule has 162 valence electrons. The van der Waals surface area contributed by atoms with Crippen LogP contribution in [0.1, 0.15) is 27.7 Å². The molecule has 0 radical (unpaired) electrons. The monoisotopic (exact) mass is 413 g/mol. The Morgan fingerprint density at radius 3 is 2.13 bits per heavy atom. The van der Waals surface area contributed by atoms with Crippen LogP contribution in [-0.2, 0) is 20.6 Å². The number of hydrogen-bond donors (Lipinski definition) is 0. The first-order valence-electron chi connectivity index (χ1n) is 10.2. The fourth-order valence-corrected chi connectivity index (χ4v) is 3.95. The van der Waals surface area contributed by atoms with Gasteiger partial charge in [0.05, 0.1) is 7.11 Å². The Balaban J connectivity index is 2.22. The van der Waals surface area contributed by atoms with E-state index in [1.165, 1.54) is 11.6 Å². The molecule has 3 rings (SSSR count). The zero-order chi connectivity index (χ0) is 22.2. The van der Waals surface area contributed by atoms with E-state index in [0.29, 0.717) is 35.6 Å². The molecule has 0 amide bonds. The molecule has 0 aliphatic heterocycles. The minimum atomic E-state index is -0.385. The van der Waals surface area contributed by atoms with Gasteiger partial charge in [0.25, 0.3) is 5.56 Å². The van der Waals surface area contributed by atoms with Crippen LogP contribution in [0.2, 0.25) is 0 Å². The van der Waals surface area contributed by atoms with E-state index in [4.69, 9.17) is 9.72 Å². The molecule has 1 aromatic carbocycles. The number of benzene rings is 1. The molecular formula is C22H31N5O3. The highest BCUT2D eigenvalue weighted by molar-refractivity contribution is 5.77. The van der Waals surface area contributed by atoms with Crippen LogP contribution in [0, 0.1) is 0 Å². The van der Waals surface area contributed by atoms with Gasteiger partial charge >= 0.3 is 5.69 Å². The molecule has 8 nitrogen and oxygen atoms in total. The van der Waals surface area contributed by atoms with Crippen molar-refractivity contribution in [2.45, 2.75) is 46.3 Å². The van der Waals surface area contributed by atoms with Gasteiger partial charge in [0, 0.05) is 44.8 Å². The van der Waals surface area contributed by atoms with Gasteiger partial charge in [-0.15, -0.1) is 0 Å². The Labute approximate surface area is 176 Å². The predicted molar refractivity (Wildman–Crippen MR) is 119 cm³/mol. The average molecular weight is 414 g/mol. The van der Waals surface area contributed by atoms with Gasteiger partial charge in [0.1, 0.15) is 11.6 Å². The minimum absolute atomic E-state index is 0.332. The largest absolute Gasteiger partial charge is 0.497 e. The summed E-state index contributed by atoms with van der Waals surface area (Å²) in [6.07, 6.45) is 0. The van der Waals surface area contributed by atoms with Crippen LogP contribution in [0.5, 0.6) is 5.75 Å². The lowest BCUT2D eigenvalue weighted by molar-refractivity contribution is 0.169. The highest BCUT2D eigenvalue weighted by Crippen LogP contribution is 2.25. The van der Waals surface area contributed by atoms with E-state index in [1.807, 2.05) is 28.8 Å². The van der Waals surface area contributed by atoms with Crippen molar-refractivity contribution in [3.8, 4) is 17.1 Å². The fourth-order valence-electron chi connectivity index (χ4n) is 3.95. The number of rotatable bonds is 7. The second-order valence-corrected chi connectivity index (χ2v) is 8.12. The molecule has 8 heteroatoms. The van der Waals surface area contributed by atoms with Crippen LogP contribution < -0.4 is 16.0 Å². The summed E-state index contributed by atoms with van der Waals surface area (Å²) >= 11 is 0. The van der Waals surface area contributed by atoms with E-state index in [0.717, 1.165) is 22.4 Å². The van der Waals surface area contributed by atoms with Gasteiger partial charge in [-0.25, -0.2) is 9.78 Å². The van der Waals surface area contributed by atoms with E-state index < -0.39 is 0 Å². The lowest BCUT2D eigenvalue weighted by atomic mass is 10.2. The fraction of sp³-hybridized carbons (Fsp3) is 0.500. The van der Waals surface area contributed by atoms with Gasteiger partial charge < -0.3 is 9.30 Å². The molecule has 0 N–H and O–H groups in total. The van der Waals surface area contributed by atoms with E-state index in [2.05, 4.69) is 32.6 Å². The van der Waals surface area contributed by atoms with Crippen LogP contribution in [0.15, 0.2) is 33.9 Å². The van der Waals surface area contributed by atoms with Gasteiger partial charge in [-0.3, -0.25) is 18.8 Å². The SMILES string of the molecule is COc1ccc(-c2nc3c(c(=O)n(C)c(=O)n3C)n2CCN(C(C)C)C(C)C)cc1. The first-order chi connectivity index (χ1) is 14.2. The van der Waals surface area contributed by atoms with Crippen molar-refractivity contribution in [2.75, 3.05) is 13.7 Å². The van der Waals surface area contributed by atoms with Crippen molar-refractivity contribution in [1.29, 1.82) is 0 Å². The first-order valence-corrected chi connectivity index (χ1v) is 10.2. The summed E-state index contributed by atoms with van der Waals surface area (Å²) in [5.41, 5.74) is 0.986. The van der Waals surface area contributed by atoms with E-state index >= 15 is 0 Å². The molecule has 0 unspecified atom stereocenters. The maximum Gasteiger partial charge on any atom is 0.332 e. The van der Waals surface area contributed by atoms with Gasteiger partial charge in [-0.05, 0) is 52.0 Å². The quantitative estimate of drug-likeness (QED) is 0.594. The maximum atomic E-state index is 13.0. The summed E-state index contributed by atoms with van der Waals surface area (Å²) in [4.78, 5) is 32.6. The molecule has 2 aromatic heterocycles. The normalized spacial score (nSPS) is 11.9. The molecule has 0 saturated heterocycles. The number of imidazole rings is 1. The zero-order valence-electron chi connectivity index (χ0n) is 18.8. The second-order valence-electron chi connectivity index (χ2n) is 8.12. The molecule has 2 heterocycles. The maximum absolute atomic E-state index is 13.0. The van der Waals surface area contributed by atoms with Crippen molar-refractivity contribution in [3.63, 3.8) is 0 Å². The number of fused-ring (bicyclic) bond motifs is 1. The van der Waals surface area contributed by atoms with Gasteiger partial charge in [-0.1, -0.05) is 0 Å². The summed E-state index contributed by atoms with van der Waals surface area (Å²) in [6, 6.07) is 8.31. The van der Waals surface area contributed by atoms with Crippen LogP contribution in [0.25, 0.3) is 22.6 Å². The van der Waals surface area contributed by atoms with Gasteiger partial charge in [-0.2, -0.15) is 0 Å². The van der Waals surface area contributed by atoms with Crippen molar-refractivity contribution in [2.24, 2.45) is 14.1 Å². The van der Waals surface area contributed by atoms with Gasteiger partial charge in [0.2, 0.25) is 0 Å². The molecule has 0 spiro atoms. The smallest absolute Gasteiger partial charge is 0.332 e. The molecule has 30 heavy (non-hydrogen) atoms. The molecule has 0 fully saturated rings. The summed E-state index contributed by atoms with van der Waals surface area (Å²) in [5.74, 6) is 1.41. The molecule has 0 saturated carbocycles. The number of methoxy groups -OCH3 is 1. The number of nitrogens with zero attached hydrogens (tertiary/aromatic N) is 5. The Bertz CT molecular complexity index is 1140. The third-order valence-corrected chi connectivity index (χ3v) is 5.60. The number of ether oxygens (including phenoxy) is 1.